The first kappa shape index (κ1) is 13.9. The highest BCUT2D eigenvalue weighted by molar-refractivity contribution is 6.21. The van der Waals surface area contributed by atoms with E-state index >= 15 is 0 Å². The van der Waals surface area contributed by atoms with E-state index in [1.807, 2.05) is 13.8 Å². The quantitative estimate of drug-likeness (QED) is 0.830. The monoisotopic (exact) mass is 261 g/mol. The van der Waals surface area contributed by atoms with E-state index in [0.29, 0.717) is 0 Å². The lowest BCUT2D eigenvalue weighted by Crippen LogP contribution is -2.33. The Labute approximate surface area is 104 Å². The molecule has 1 aromatic rings. The fraction of sp³-hybridized carbons (Fsp3) is 0.417. The molecule has 1 unspecified atom stereocenters. The predicted molar refractivity (Wildman–Crippen MR) is 63.2 cm³/mol. The summed E-state index contributed by atoms with van der Waals surface area (Å²) in [5.41, 5.74) is -0.569. The van der Waals surface area contributed by atoms with Gasteiger partial charge in [0.25, 0.3) is 5.91 Å². The maximum Gasteiger partial charge on any atom is 0.257 e. The van der Waals surface area contributed by atoms with Gasteiger partial charge in [0.05, 0.1) is 5.38 Å². The zero-order valence-electron chi connectivity index (χ0n) is 9.64. The lowest BCUT2D eigenvalue weighted by atomic mass is 10.1. The summed E-state index contributed by atoms with van der Waals surface area (Å²) in [6.45, 7) is 3.97. The second-order valence-electron chi connectivity index (χ2n) is 4.07. The Balaban J connectivity index is 2.71. The maximum atomic E-state index is 13.3. The van der Waals surface area contributed by atoms with Gasteiger partial charge in [-0.05, 0) is 18.1 Å². The second kappa shape index (κ2) is 5.96. The zero-order chi connectivity index (χ0) is 13.0. The van der Waals surface area contributed by atoms with Crippen LogP contribution in [0.4, 0.5) is 8.78 Å². The molecule has 0 spiro atoms. The summed E-state index contributed by atoms with van der Waals surface area (Å²) in [5.74, 6) is -2.37. The lowest BCUT2D eigenvalue weighted by molar-refractivity contribution is 0.0944. The van der Waals surface area contributed by atoms with Crippen molar-refractivity contribution in [3.8, 4) is 0 Å². The van der Waals surface area contributed by atoms with Crippen molar-refractivity contribution in [1.82, 2.24) is 5.32 Å². The molecule has 1 aromatic carbocycles. The summed E-state index contributed by atoms with van der Waals surface area (Å²) in [4.78, 5) is 11.6. The number of rotatable bonds is 4. The fourth-order valence-electron chi connectivity index (χ4n) is 1.23. The third-order valence-electron chi connectivity index (χ3n) is 2.37. The largest absolute Gasteiger partial charge is 0.350 e. The molecular formula is C12H14ClF2NO. The van der Waals surface area contributed by atoms with Gasteiger partial charge in [0.2, 0.25) is 0 Å². The molecule has 0 bridgehead atoms. The molecule has 0 saturated heterocycles. The van der Waals surface area contributed by atoms with Gasteiger partial charge in [-0.15, -0.1) is 11.6 Å². The van der Waals surface area contributed by atoms with Crippen molar-refractivity contribution in [2.45, 2.75) is 19.2 Å². The normalized spacial score (nSPS) is 12.6. The van der Waals surface area contributed by atoms with Crippen LogP contribution < -0.4 is 5.32 Å². The standard InChI is InChI=1S/C12H14ClF2NO/c1-7(2)8(13)6-16-12(17)11-9(14)4-3-5-10(11)15/h3-5,7-8H,6H2,1-2H3,(H,16,17). The molecule has 0 aromatic heterocycles. The van der Waals surface area contributed by atoms with Gasteiger partial charge in [-0.1, -0.05) is 19.9 Å². The van der Waals surface area contributed by atoms with Gasteiger partial charge in [0.1, 0.15) is 17.2 Å². The van der Waals surface area contributed by atoms with Gasteiger partial charge in [-0.3, -0.25) is 4.79 Å². The Morgan fingerprint density at radius 3 is 2.35 bits per heavy atom. The van der Waals surface area contributed by atoms with Crippen molar-refractivity contribution in [2.75, 3.05) is 6.54 Å². The number of hydrogen-bond acceptors (Lipinski definition) is 1. The summed E-state index contributed by atoms with van der Waals surface area (Å²) in [6.07, 6.45) is 0. The van der Waals surface area contributed by atoms with Crippen LogP contribution in [0.3, 0.4) is 0 Å². The summed E-state index contributed by atoms with van der Waals surface area (Å²) in [6, 6.07) is 3.29. The topological polar surface area (TPSA) is 29.1 Å². The summed E-state index contributed by atoms with van der Waals surface area (Å²) in [5, 5.41) is 2.14. The molecule has 5 heteroatoms. The number of hydrogen-bond donors (Lipinski definition) is 1. The Kier molecular flexibility index (Phi) is 4.87. The minimum atomic E-state index is -0.877. The van der Waals surface area contributed by atoms with E-state index in [0.717, 1.165) is 12.1 Å². The van der Waals surface area contributed by atoms with Crippen molar-refractivity contribution < 1.29 is 13.6 Å². The molecule has 17 heavy (non-hydrogen) atoms. The molecule has 0 heterocycles. The number of carbonyl (C=O) groups is 1. The van der Waals surface area contributed by atoms with Crippen LogP contribution >= 0.6 is 11.6 Å². The van der Waals surface area contributed by atoms with Crippen LogP contribution in [-0.2, 0) is 0 Å². The summed E-state index contributed by atoms with van der Waals surface area (Å²) < 4.78 is 26.5. The molecule has 1 N–H and O–H groups in total. The average Bonchev–Trinajstić information content (AvgIpc) is 2.25. The third kappa shape index (κ3) is 3.66. The Bertz CT molecular complexity index is 389. The number of carbonyl (C=O) groups excluding carboxylic acids is 1. The molecular weight excluding hydrogens is 248 g/mol. The van der Waals surface area contributed by atoms with Gasteiger partial charge >= 0.3 is 0 Å². The van der Waals surface area contributed by atoms with Crippen LogP contribution in [0.5, 0.6) is 0 Å². The minimum absolute atomic E-state index is 0.169. The third-order valence-corrected chi connectivity index (χ3v) is 3.03. The molecule has 0 aliphatic heterocycles. The van der Waals surface area contributed by atoms with E-state index < -0.39 is 23.1 Å². The van der Waals surface area contributed by atoms with Crippen molar-refractivity contribution in [1.29, 1.82) is 0 Å². The molecule has 0 radical (unpaired) electrons. The van der Waals surface area contributed by atoms with Crippen LogP contribution in [0.25, 0.3) is 0 Å². The Hall–Kier alpha value is -1.16. The van der Waals surface area contributed by atoms with E-state index in [1.54, 1.807) is 0 Å². The minimum Gasteiger partial charge on any atom is -0.350 e. The smallest absolute Gasteiger partial charge is 0.257 e. The maximum absolute atomic E-state index is 13.3. The highest BCUT2D eigenvalue weighted by atomic mass is 35.5. The van der Waals surface area contributed by atoms with Crippen LogP contribution in [-0.4, -0.2) is 17.8 Å². The highest BCUT2D eigenvalue weighted by Gasteiger charge is 2.18. The molecule has 1 amide bonds. The highest BCUT2D eigenvalue weighted by Crippen LogP contribution is 2.12. The SMILES string of the molecule is CC(C)C(Cl)CNC(=O)c1c(F)cccc1F. The van der Waals surface area contributed by atoms with Gasteiger partial charge < -0.3 is 5.32 Å². The number of amides is 1. The number of nitrogens with one attached hydrogen (secondary N) is 1. The molecule has 1 atom stereocenters. The molecule has 94 valence electrons. The van der Waals surface area contributed by atoms with Crippen LogP contribution in [0.1, 0.15) is 24.2 Å². The Morgan fingerprint density at radius 1 is 1.35 bits per heavy atom. The van der Waals surface area contributed by atoms with Gasteiger partial charge in [-0.2, -0.15) is 0 Å². The predicted octanol–water partition coefficient (Wildman–Crippen LogP) is 2.96. The number of alkyl halides is 1. The van der Waals surface area contributed by atoms with Gasteiger partial charge in [0, 0.05) is 6.54 Å². The van der Waals surface area contributed by atoms with Gasteiger partial charge in [-0.25, -0.2) is 8.78 Å². The number of benzene rings is 1. The van der Waals surface area contributed by atoms with E-state index in [9.17, 15) is 13.6 Å². The van der Waals surface area contributed by atoms with Crippen molar-refractivity contribution in [3.63, 3.8) is 0 Å². The van der Waals surface area contributed by atoms with E-state index in [-0.39, 0.29) is 17.8 Å². The molecule has 2 nitrogen and oxygen atoms in total. The molecule has 0 aliphatic carbocycles. The molecule has 0 fully saturated rings. The van der Waals surface area contributed by atoms with Crippen molar-refractivity contribution in [3.05, 3.63) is 35.4 Å². The van der Waals surface area contributed by atoms with Crippen LogP contribution in [0.15, 0.2) is 18.2 Å². The van der Waals surface area contributed by atoms with Crippen LogP contribution in [0.2, 0.25) is 0 Å². The lowest BCUT2D eigenvalue weighted by Gasteiger charge is -2.14. The second-order valence-corrected chi connectivity index (χ2v) is 4.63. The Morgan fingerprint density at radius 2 is 1.88 bits per heavy atom. The molecule has 0 aliphatic rings. The number of halogens is 3. The molecule has 0 saturated carbocycles. The first-order chi connectivity index (χ1) is 7.93. The van der Waals surface area contributed by atoms with E-state index in [4.69, 9.17) is 11.6 Å². The summed E-state index contributed by atoms with van der Waals surface area (Å²) in [7, 11) is 0. The summed E-state index contributed by atoms with van der Waals surface area (Å²) >= 11 is 5.92. The first-order valence-corrected chi connectivity index (χ1v) is 5.73. The van der Waals surface area contributed by atoms with Crippen LogP contribution in [0, 0.1) is 17.6 Å². The first-order valence-electron chi connectivity index (χ1n) is 5.29. The molecule has 1 rings (SSSR count). The van der Waals surface area contributed by atoms with E-state index in [2.05, 4.69) is 5.32 Å². The zero-order valence-corrected chi connectivity index (χ0v) is 10.4. The van der Waals surface area contributed by atoms with Gasteiger partial charge in [0.15, 0.2) is 0 Å². The van der Waals surface area contributed by atoms with Crippen molar-refractivity contribution >= 4 is 17.5 Å². The van der Waals surface area contributed by atoms with Crippen molar-refractivity contribution in [2.24, 2.45) is 5.92 Å². The average molecular weight is 262 g/mol. The fourth-order valence-corrected chi connectivity index (χ4v) is 1.31. The van der Waals surface area contributed by atoms with E-state index in [1.165, 1.54) is 6.07 Å².